The highest BCUT2D eigenvalue weighted by Gasteiger charge is 2.17. The zero-order valence-corrected chi connectivity index (χ0v) is 12.3. The van der Waals surface area contributed by atoms with E-state index < -0.39 is 0 Å². The van der Waals surface area contributed by atoms with Crippen LogP contribution in [0, 0.1) is 6.92 Å². The van der Waals surface area contributed by atoms with Crippen LogP contribution in [0.1, 0.15) is 15.9 Å². The van der Waals surface area contributed by atoms with Crippen LogP contribution in [-0.2, 0) is 0 Å². The highest BCUT2D eigenvalue weighted by molar-refractivity contribution is 9.10. The first-order valence-electron chi connectivity index (χ1n) is 6.07. The number of hydrogen-bond acceptors (Lipinski definition) is 3. The molecule has 0 aromatic heterocycles. The molecule has 1 N–H and O–H groups in total. The van der Waals surface area contributed by atoms with Crippen molar-refractivity contribution in [3.05, 3.63) is 33.8 Å². The fourth-order valence-electron chi connectivity index (χ4n) is 1.94. The number of hydrogen-bond donors (Lipinski definition) is 1. The minimum Gasteiger partial charge on any atom is -0.304 e. The highest BCUT2D eigenvalue weighted by Crippen LogP contribution is 2.18. The summed E-state index contributed by atoms with van der Waals surface area (Å²) in [6.07, 6.45) is 0. The van der Waals surface area contributed by atoms with Crippen molar-refractivity contribution in [2.24, 2.45) is 0 Å². The molecule has 4 nitrogen and oxygen atoms in total. The molecule has 1 aliphatic heterocycles. The highest BCUT2D eigenvalue weighted by atomic mass is 79.9. The molecule has 0 atom stereocenters. The molecule has 5 heteroatoms. The Balaban J connectivity index is 2.01. The molecule has 1 saturated heterocycles. The first kappa shape index (κ1) is 13.5. The third-order valence-corrected chi connectivity index (χ3v) is 3.82. The van der Waals surface area contributed by atoms with Crippen LogP contribution in [0.25, 0.3) is 0 Å². The van der Waals surface area contributed by atoms with Crippen molar-refractivity contribution >= 4 is 21.8 Å². The number of amides is 1. The van der Waals surface area contributed by atoms with E-state index in [0.29, 0.717) is 5.56 Å². The van der Waals surface area contributed by atoms with Crippen molar-refractivity contribution in [1.29, 1.82) is 0 Å². The van der Waals surface area contributed by atoms with Crippen LogP contribution in [0.4, 0.5) is 0 Å². The molecule has 0 saturated carbocycles. The topological polar surface area (TPSA) is 35.6 Å². The van der Waals surface area contributed by atoms with Gasteiger partial charge in [-0.25, -0.2) is 5.01 Å². The van der Waals surface area contributed by atoms with Crippen molar-refractivity contribution < 1.29 is 4.79 Å². The van der Waals surface area contributed by atoms with Crippen molar-refractivity contribution in [3.8, 4) is 0 Å². The molecule has 98 valence electrons. The van der Waals surface area contributed by atoms with Crippen molar-refractivity contribution in [2.75, 3.05) is 33.2 Å². The second-order valence-corrected chi connectivity index (χ2v) is 5.57. The molecule has 1 aromatic carbocycles. The van der Waals surface area contributed by atoms with E-state index in [-0.39, 0.29) is 5.91 Å². The molecule has 0 unspecified atom stereocenters. The van der Waals surface area contributed by atoms with E-state index >= 15 is 0 Å². The average molecular weight is 312 g/mol. The van der Waals surface area contributed by atoms with E-state index in [1.165, 1.54) is 0 Å². The first-order valence-corrected chi connectivity index (χ1v) is 6.86. The van der Waals surface area contributed by atoms with Gasteiger partial charge in [-0.15, -0.1) is 0 Å². The van der Waals surface area contributed by atoms with E-state index in [4.69, 9.17) is 0 Å². The summed E-state index contributed by atoms with van der Waals surface area (Å²) in [5.74, 6) is -0.0462. The Kier molecular flexibility index (Phi) is 4.37. The van der Waals surface area contributed by atoms with Gasteiger partial charge < -0.3 is 4.90 Å². The smallest absolute Gasteiger partial charge is 0.266 e. The molecule has 1 aliphatic rings. The molecule has 1 amide bonds. The zero-order chi connectivity index (χ0) is 13.1. The normalized spacial score (nSPS) is 17.7. The van der Waals surface area contributed by atoms with Gasteiger partial charge in [-0.1, -0.05) is 11.6 Å². The number of aryl methyl sites for hydroxylation is 1. The number of nitrogens with one attached hydrogen (secondary N) is 1. The van der Waals surface area contributed by atoms with Gasteiger partial charge >= 0.3 is 0 Å². The Bertz CT molecular complexity index is 442. The van der Waals surface area contributed by atoms with Crippen LogP contribution in [0.2, 0.25) is 0 Å². The molecule has 1 aromatic rings. The summed E-state index contributed by atoms with van der Waals surface area (Å²) in [4.78, 5) is 14.4. The fraction of sp³-hybridized carbons (Fsp3) is 0.462. The van der Waals surface area contributed by atoms with E-state index in [2.05, 4.69) is 33.3 Å². The van der Waals surface area contributed by atoms with Gasteiger partial charge in [0, 0.05) is 30.7 Å². The number of halogens is 1. The maximum absolute atomic E-state index is 12.2. The molecule has 18 heavy (non-hydrogen) atoms. The lowest BCUT2D eigenvalue weighted by Crippen LogP contribution is -2.52. The summed E-state index contributed by atoms with van der Waals surface area (Å²) in [7, 11) is 2.09. The third kappa shape index (κ3) is 3.31. The number of likely N-dealkylation sites (N-methyl/N-ethyl adjacent to an activating group) is 1. The van der Waals surface area contributed by atoms with E-state index in [1.54, 1.807) is 0 Å². The van der Waals surface area contributed by atoms with Gasteiger partial charge in [0.05, 0.1) is 5.56 Å². The SMILES string of the molecule is Cc1ccc(Br)c(C(=O)NN2CCN(C)CC2)c1. The monoisotopic (exact) mass is 311 g/mol. The van der Waals surface area contributed by atoms with Crippen LogP contribution in [0.5, 0.6) is 0 Å². The molecule has 0 radical (unpaired) electrons. The third-order valence-electron chi connectivity index (χ3n) is 3.13. The Hall–Kier alpha value is -0.910. The summed E-state index contributed by atoms with van der Waals surface area (Å²) >= 11 is 3.42. The summed E-state index contributed by atoms with van der Waals surface area (Å²) in [5, 5.41) is 1.98. The molecular weight excluding hydrogens is 294 g/mol. The van der Waals surface area contributed by atoms with Crippen LogP contribution < -0.4 is 5.43 Å². The molecule has 0 aliphatic carbocycles. The van der Waals surface area contributed by atoms with E-state index in [1.807, 2.05) is 30.1 Å². The number of hydrazine groups is 1. The van der Waals surface area contributed by atoms with Gasteiger partial charge in [-0.05, 0) is 42.0 Å². The van der Waals surface area contributed by atoms with Gasteiger partial charge in [0.25, 0.3) is 5.91 Å². The van der Waals surface area contributed by atoms with Gasteiger partial charge in [0.1, 0.15) is 0 Å². The largest absolute Gasteiger partial charge is 0.304 e. The summed E-state index contributed by atoms with van der Waals surface area (Å²) in [6.45, 7) is 5.68. The molecule has 1 heterocycles. The molecule has 1 fully saturated rings. The predicted octanol–water partition coefficient (Wildman–Crippen LogP) is 1.65. The van der Waals surface area contributed by atoms with E-state index in [9.17, 15) is 4.79 Å². The second kappa shape index (κ2) is 5.82. The number of benzene rings is 1. The van der Waals surface area contributed by atoms with Crippen molar-refractivity contribution in [2.45, 2.75) is 6.92 Å². The molecule has 2 rings (SSSR count). The maximum atomic E-state index is 12.2. The second-order valence-electron chi connectivity index (χ2n) is 4.71. The zero-order valence-electron chi connectivity index (χ0n) is 10.7. The van der Waals surface area contributed by atoms with Crippen LogP contribution in [0.3, 0.4) is 0 Å². The fourth-order valence-corrected chi connectivity index (χ4v) is 2.36. The lowest BCUT2D eigenvalue weighted by atomic mass is 10.1. The lowest BCUT2D eigenvalue weighted by molar-refractivity contribution is 0.0661. The Morgan fingerprint density at radius 3 is 2.61 bits per heavy atom. The lowest BCUT2D eigenvalue weighted by Gasteiger charge is -2.32. The number of carbonyl (C=O) groups excluding carboxylic acids is 1. The van der Waals surface area contributed by atoms with E-state index in [0.717, 1.165) is 36.2 Å². The summed E-state index contributed by atoms with van der Waals surface area (Å²) < 4.78 is 0.833. The maximum Gasteiger partial charge on any atom is 0.266 e. The quantitative estimate of drug-likeness (QED) is 0.902. The Morgan fingerprint density at radius 1 is 1.28 bits per heavy atom. The number of nitrogens with zero attached hydrogens (tertiary/aromatic N) is 2. The van der Waals surface area contributed by atoms with Gasteiger partial charge in [-0.2, -0.15) is 0 Å². The number of rotatable bonds is 2. The standard InChI is InChI=1S/C13H18BrN3O/c1-10-3-4-12(14)11(9-10)13(18)15-17-7-5-16(2)6-8-17/h3-4,9H,5-8H2,1-2H3,(H,15,18). The van der Waals surface area contributed by atoms with Gasteiger partial charge in [0.2, 0.25) is 0 Å². The van der Waals surface area contributed by atoms with Crippen LogP contribution in [-0.4, -0.2) is 49.0 Å². The van der Waals surface area contributed by atoms with Gasteiger partial charge in [0.15, 0.2) is 0 Å². The first-order chi connectivity index (χ1) is 8.56. The molecular formula is C13H18BrN3O. The molecule has 0 bridgehead atoms. The summed E-state index contributed by atoms with van der Waals surface area (Å²) in [6, 6.07) is 5.79. The average Bonchev–Trinajstić information content (AvgIpc) is 2.35. The van der Waals surface area contributed by atoms with Crippen LogP contribution in [0.15, 0.2) is 22.7 Å². The number of piperazine rings is 1. The minimum atomic E-state index is -0.0462. The van der Waals surface area contributed by atoms with Gasteiger partial charge in [-0.3, -0.25) is 10.2 Å². The van der Waals surface area contributed by atoms with Crippen molar-refractivity contribution in [3.63, 3.8) is 0 Å². The van der Waals surface area contributed by atoms with Crippen molar-refractivity contribution in [1.82, 2.24) is 15.3 Å². The summed E-state index contributed by atoms with van der Waals surface area (Å²) in [5.41, 5.74) is 4.74. The minimum absolute atomic E-state index is 0.0462. The Morgan fingerprint density at radius 2 is 1.94 bits per heavy atom. The molecule has 0 spiro atoms. The predicted molar refractivity (Wildman–Crippen MR) is 75.4 cm³/mol. The number of carbonyl (C=O) groups is 1. The van der Waals surface area contributed by atoms with Crippen LogP contribution >= 0.6 is 15.9 Å². The Labute approximate surface area is 116 Å².